The lowest BCUT2D eigenvalue weighted by molar-refractivity contribution is 0.102. The minimum absolute atomic E-state index is 0.0709. The van der Waals surface area contributed by atoms with Crippen LogP contribution in [0.4, 0.5) is 5.69 Å². The number of carbonyl (C=O) groups excluding carboxylic acids is 1. The van der Waals surface area contributed by atoms with Crippen molar-refractivity contribution < 1.29 is 9.53 Å². The van der Waals surface area contributed by atoms with Gasteiger partial charge >= 0.3 is 0 Å². The Kier molecular flexibility index (Phi) is 4.22. The van der Waals surface area contributed by atoms with Crippen molar-refractivity contribution in [2.24, 2.45) is 0 Å². The highest BCUT2D eigenvalue weighted by Gasteiger charge is 2.15. The van der Waals surface area contributed by atoms with Crippen LogP contribution in [-0.4, -0.2) is 22.4 Å². The molecule has 3 aromatic rings. The van der Waals surface area contributed by atoms with Gasteiger partial charge < -0.3 is 10.1 Å². The van der Waals surface area contributed by atoms with E-state index in [-0.39, 0.29) is 5.56 Å². The number of amides is 1. The quantitative estimate of drug-likeness (QED) is 0.793. The molecule has 2 heterocycles. The molecule has 6 nitrogen and oxygen atoms in total. The molecule has 122 valence electrons. The molecule has 0 radical (unpaired) electrons. The van der Waals surface area contributed by atoms with Crippen LogP contribution in [0.2, 0.25) is 5.02 Å². The number of hydrogen-bond donors (Lipinski definition) is 1. The first-order valence-corrected chi connectivity index (χ1v) is 7.50. The Morgan fingerprint density at radius 1 is 1.29 bits per heavy atom. The Labute approximate surface area is 142 Å². The van der Waals surface area contributed by atoms with Crippen LogP contribution in [0, 0.1) is 6.92 Å². The molecule has 2 aromatic heterocycles. The van der Waals surface area contributed by atoms with E-state index in [0.717, 1.165) is 5.56 Å². The summed E-state index contributed by atoms with van der Waals surface area (Å²) in [6.45, 7) is 1.90. The van der Waals surface area contributed by atoms with Gasteiger partial charge in [-0.25, -0.2) is 4.98 Å². The van der Waals surface area contributed by atoms with Crippen LogP contribution in [0.25, 0.3) is 5.65 Å². The van der Waals surface area contributed by atoms with Gasteiger partial charge in [-0.15, -0.1) is 0 Å². The molecule has 0 aliphatic rings. The minimum atomic E-state index is -0.581. The number of hydrogen-bond acceptors (Lipinski definition) is 4. The molecule has 7 heteroatoms. The van der Waals surface area contributed by atoms with E-state index in [2.05, 4.69) is 10.3 Å². The maximum Gasteiger partial charge on any atom is 0.270 e. The standard InChI is InChI=1S/C17H14ClN3O3/c1-10-5-6-21-15(7-10)19-9-12(17(21)23)16(22)20-13-8-11(18)3-4-14(13)24-2/h3-9H,1-2H3,(H,20,22). The van der Waals surface area contributed by atoms with Gasteiger partial charge in [0, 0.05) is 17.4 Å². The van der Waals surface area contributed by atoms with Gasteiger partial charge in [0.25, 0.3) is 11.5 Å². The third-order valence-electron chi connectivity index (χ3n) is 3.52. The second-order valence-electron chi connectivity index (χ2n) is 5.21. The van der Waals surface area contributed by atoms with Gasteiger partial charge in [0.15, 0.2) is 0 Å². The molecular formula is C17H14ClN3O3. The number of halogens is 1. The first kappa shape index (κ1) is 16.0. The number of pyridine rings is 1. The minimum Gasteiger partial charge on any atom is -0.495 e. The van der Waals surface area contributed by atoms with E-state index in [1.807, 2.05) is 6.92 Å². The summed E-state index contributed by atoms with van der Waals surface area (Å²) in [7, 11) is 1.48. The van der Waals surface area contributed by atoms with E-state index in [1.165, 1.54) is 17.7 Å². The maximum atomic E-state index is 12.5. The third-order valence-corrected chi connectivity index (χ3v) is 3.75. The Morgan fingerprint density at radius 2 is 2.08 bits per heavy atom. The van der Waals surface area contributed by atoms with Gasteiger partial charge in [-0.3, -0.25) is 14.0 Å². The number of nitrogens with one attached hydrogen (secondary N) is 1. The van der Waals surface area contributed by atoms with Crippen molar-refractivity contribution in [2.45, 2.75) is 6.92 Å². The van der Waals surface area contributed by atoms with Gasteiger partial charge in [0.2, 0.25) is 0 Å². The van der Waals surface area contributed by atoms with Crippen molar-refractivity contribution in [3.05, 3.63) is 69.2 Å². The number of aryl methyl sites for hydroxylation is 1. The number of ether oxygens (including phenoxy) is 1. The zero-order chi connectivity index (χ0) is 17.3. The molecule has 0 saturated carbocycles. The first-order chi connectivity index (χ1) is 11.5. The molecular weight excluding hydrogens is 330 g/mol. The van der Waals surface area contributed by atoms with E-state index in [0.29, 0.717) is 22.1 Å². The molecule has 1 N–H and O–H groups in total. The number of aromatic nitrogens is 2. The summed E-state index contributed by atoms with van der Waals surface area (Å²) in [5.41, 5.74) is 1.32. The summed E-state index contributed by atoms with van der Waals surface area (Å²) < 4.78 is 6.51. The van der Waals surface area contributed by atoms with Crippen LogP contribution in [0.5, 0.6) is 5.75 Å². The number of carbonyl (C=O) groups is 1. The molecule has 0 unspecified atom stereocenters. The van der Waals surface area contributed by atoms with E-state index in [1.54, 1.807) is 36.5 Å². The average Bonchev–Trinajstić information content (AvgIpc) is 2.55. The molecule has 0 fully saturated rings. The molecule has 1 amide bonds. The van der Waals surface area contributed by atoms with E-state index < -0.39 is 11.5 Å². The highest BCUT2D eigenvalue weighted by molar-refractivity contribution is 6.31. The summed E-state index contributed by atoms with van der Waals surface area (Å²) >= 11 is 5.94. The monoisotopic (exact) mass is 343 g/mol. The molecule has 1 aromatic carbocycles. The Balaban J connectivity index is 2.01. The predicted molar refractivity (Wildman–Crippen MR) is 92.2 cm³/mol. The van der Waals surface area contributed by atoms with Crippen molar-refractivity contribution in [1.82, 2.24) is 9.38 Å². The molecule has 3 rings (SSSR count). The van der Waals surface area contributed by atoms with Crippen LogP contribution < -0.4 is 15.6 Å². The van der Waals surface area contributed by atoms with Gasteiger partial charge in [0.05, 0.1) is 12.8 Å². The molecule has 0 atom stereocenters. The molecule has 24 heavy (non-hydrogen) atoms. The zero-order valence-electron chi connectivity index (χ0n) is 13.0. The topological polar surface area (TPSA) is 72.7 Å². The van der Waals surface area contributed by atoms with Crippen molar-refractivity contribution in [3.8, 4) is 5.75 Å². The number of benzene rings is 1. The first-order valence-electron chi connectivity index (χ1n) is 7.12. The van der Waals surface area contributed by atoms with Crippen molar-refractivity contribution in [3.63, 3.8) is 0 Å². The second kappa shape index (κ2) is 6.33. The van der Waals surface area contributed by atoms with Crippen LogP contribution >= 0.6 is 11.6 Å². The summed E-state index contributed by atoms with van der Waals surface area (Å²) in [6, 6.07) is 8.37. The van der Waals surface area contributed by atoms with Crippen LogP contribution in [0.1, 0.15) is 15.9 Å². The van der Waals surface area contributed by atoms with E-state index in [4.69, 9.17) is 16.3 Å². The number of rotatable bonds is 3. The lowest BCUT2D eigenvalue weighted by Crippen LogP contribution is -2.26. The Bertz CT molecular complexity index is 998. The smallest absolute Gasteiger partial charge is 0.270 e. The van der Waals surface area contributed by atoms with Crippen LogP contribution in [-0.2, 0) is 0 Å². The lowest BCUT2D eigenvalue weighted by atomic mass is 10.2. The fourth-order valence-corrected chi connectivity index (χ4v) is 2.47. The summed E-state index contributed by atoms with van der Waals surface area (Å²) in [4.78, 5) is 29.1. The predicted octanol–water partition coefficient (Wildman–Crippen LogP) is 2.92. The Morgan fingerprint density at radius 3 is 2.83 bits per heavy atom. The number of methoxy groups -OCH3 is 1. The zero-order valence-corrected chi connectivity index (χ0v) is 13.8. The number of anilines is 1. The fraction of sp³-hybridized carbons (Fsp3) is 0.118. The van der Waals surface area contributed by atoms with Crippen LogP contribution in [0.15, 0.2) is 47.5 Å². The average molecular weight is 344 g/mol. The van der Waals surface area contributed by atoms with Crippen LogP contribution in [0.3, 0.4) is 0 Å². The summed E-state index contributed by atoms with van der Waals surface area (Å²) in [5.74, 6) is -0.139. The normalized spacial score (nSPS) is 10.6. The van der Waals surface area contributed by atoms with Gasteiger partial charge in [-0.2, -0.15) is 0 Å². The summed E-state index contributed by atoms with van der Waals surface area (Å²) in [5, 5.41) is 3.07. The van der Waals surface area contributed by atoms with Gasteiger partial charge in [-0.1, -0.05) is 11.6 Å². The van der Waals surface area contributed by atoms with Gasteiger partial charge in [0.1, 0.15) is 17.0 Å². The van der Waals surface area contributed by atoms with E-state index >= 15 is 0 Å². The van der Waals surface area contributed by atoms with Crippen molar-refractivity contribution in [2.75, 3.05) is 12.4 Å². The molecule has 0 bridgehead atoms. The molecule has 0 aliphatic carbocycles. The highest BCUT2D eigenvalue weighted by Crippen LogP contribution is 2.27. The fourth-order valence-electron chi connectivity index (χ4n) is 2.30. The molecule has 0 spiro atoms. The van der Waals surface area contributed by atoms with Crippen molar-refractivity contribution >= 4 is 28.8 Å². The second-order valence-corrected chi connectivity index (χ2v) is 5.64. The Hall–Kier alpha value is -2.86. The molecule has 0 saturated heterocycles. The maximum absolute atomic E-state index is 12.5. The SMILES string of the molecule is COc1ccc(Cl)cc1NC(=O)c1cnc2cc(C)ccn2c1=O. The van der Waals surface area contributed by atoms with E-state index in [9.17, 15) is 9.59 Å². The lowest BCUT2D eigenvalue weighted by Gasteiger charge is -2.10. The number of nitrogens with zero attached hydrogens (tertiary/aromatic N) is 2. The highest BCUT2D eigenvalue weighted by atomic mass is 35.5. The number of fused-ring (bicyclic) bond motifs is 1. The third kappa shape index (κ3) is 2.96. The summed E-state index contributed by atoms with van der Waals surface area (Å²) in [6.07, 6.45) is 2.86. The van der Waals surface area contributed by atoms with Crippen molar-refractivity contribution in [1.29, 1.82) is 0 Å². The van der Waals surface area contributed by atoms with Gasteiger partial charge in [-0.05, 0) is 42.8 Å². The molecule has 0 aliphatic heterocycles. The largest absolute Gasteiger partial charge is 0.495 e.